The van der Waals surface area contributed by atoms with Crippen molar-refractivity contribution in [2.45, 2.75) is 58.5 Å². The quantitative estimate of drug-likeness (QED) is 0.568. The molecule has 2 heteroatoms. The van der Waals surface area contributed by atoms with Crippen LogP contribution in [0.15, 0.2) is 12.2 Å². The molecular formula is C17H26O2. The molecule has 0 atom stereocenters. The number of esters is 1. The van der Waals surface area contributed by atoms with Gasteiger partial charge in [0, 0.05) is 5.57 Å². The largest absolute Gasteiger partial charge is 0.455 e. The summed E-state index contributed by atoms with van der Waals surface area (Å²) in [6, 6.07) is 0. The molecule has 0 unspecified atom stereocenters. The molecule has 4 aliphatic rings. The van der Waals surface area contributed by atoms with Crippen LogP contribution < -0.4 is 0 Å². The van der Waals surface area contributed by atoms with E-state index < -0.39 is 0 Å². The fourth-order valence-corrected chi connectivity index (χ4v) is 5.40. The summed E-state index contributed by atoms with van der Waals surface area (Å²) in [5.74, 6) is 3.21. The molecule has 0 N–H and O–H groups in total. The summed E-state index contributed by atoms with van der Waals surface area (Å²) in [4.78, 5) is 12.1. The van der Waals surface area contributed by atoms with Gasteiger partial charge in [0.1, 0.15) is 5.60 Å². The summed E-state index contributed by atoms with van der Waals surface area (Å²) in [5, 5.41) is 0. The molecule has 106 valence electrons. The molecule has 0 heterocycles. The van der Waals surface area contributed by atoms with Gasteiger partial charge in [-0.05, 0) is 68.6 Å². The van der Waals surface area contributed by atoms with Crippen LogP contribution in [0.3, 0.4) is 0 Å². The third kappa shape index (κ3) is 1.86. The maximum absolute atomic E-state index is 12.1. The van der Waals surface area contributed by atoms with E-state index in [9.17, 15) is 4.79 Å². The molecule has 0 aromatic rings. The molecule has 0 saturated heterocycles. The molecular weight excluding hydrogens is 236 g/mol. The van der Waals surface area contributed by atoms with Gasteiger partial charge in [-0.1, -0.05) is 20.4 Å². The molecule has 4 aliphatic carbocycles. The molecule has 19 heavy (non-hydrogen) atoms. The highest BCUT2D eigenvalue weighted by Gasteiger charge is 2.60. The molecule has 4 rings (SSSR count). The van der Waals surface area contributed by atoms with Crippen LogP contribution in [-0.2, 0) is 9.53 Å². The highest BCUT2D eigenvalue weighted by atomic mass is 16.6. The van der Waals surface area contributed by atoms with E-state index in [1.54, 1.807) is 6.92 Å². The van der Waals surface area contributed by atoms with Crippen LogP contribution in [0.5, 0.6) is 0 Å². The molecule has 4 bridgehead atoms. The van der Waals surface area contributed by atoms with E-state index in [-0.39, 0.29) is 11.6 Å². The lowest BCUT2D eigenvalue weighted by molar-refractivity contribution is -0.221. The molecule has 0 spiro atoms. The topological polar surface area (TPSA) is 26.3 Å². The zero-order chi connectivity index (χ0) is 13.8. The monoisotopic (exact) mass is 262 g/mol. The summed E-state index contributed by atoms with van der Waals surface area (Å²) < 4.78 is 6.10. The molecule has 0 aromatic carbocycles. The van der Waals surface area contributed by atoms with E-state index in [2.05, 4.69) is 20.4 Å². The average Bonchev–Trinajstić information content (AvgIpc) is 2.32. The molecule has 4 saturated carbocycles. The van der Waals surface area contributed by atoms with Gasteiger partial charge in [0.15, 0.2) is 0 Å². The number of ether oxygens (including phenoxy) is 1. The first-order valence-corrected chi connectivity index (χ1v) is 7.82. The van der Waals surface area contributed by atoms with Crippen molar-refractivity contribution in [1.29, 1.82) is 0 Å². The number of carbonyl (C=O) groups excluding carboxylic acids is 1. The minimum atomic E-state index is -0.205. The van der Waals surface area contributed by atoms with Crippen molar-refractivity contribution < 1.29 is 9.53 Å². The van der Waals surface area contributed by atoms with Gasteiger partial charge in [0.05, 0.1) is 0 Å². The first-order valence-electron chi connectivity index (χ1n) is 7.82. The number of hydrogen-bond acceptors (Lipinski definition) is 2. The second kappa shape index (κ2) is 4.36. The fraction of sp³-hybridized carbons (Fsp3) is 0.824. The lowest BCUT2D eigenvalue weighted by Gasteiger charge is -2.61. The minimum Gasteiger partial charge on any atom is -0.455 e. The molecule has 4 fully saturated rings. The first kappa shape index (κ1) is 13.2. The van der Waals surface area contributed by atoms with Crippen LogP contribution in [-0.4, -0.2) is 11.6 Å². The van der Waals surface area contributed by atoms with Gasteiger partial charge in [-0.3, -0.25) is 0 Å². The molecule has 0 aliphatic heterocycles. The van der Waals surface area contributed by atoms with Gasteiger partial charge in [0.25, 0.3) is 0 Å². The minimum absolute atomic E-state index is 0.179. The van der Waals surface area contributed by atoms with Crippen molar-refractivity contribution in [3.63, 3.8) is 0 Å². The van der Waals surface area contributed by atoms with Crippen molar-refractivity contribution in [3.05, 3.63) is 12.2 Å². The lowest BCUT2D eigenvalue weighted by Crippen LogP contribution is -2.62. The van der Waals surface area contributed by atoms with Gasteiger partial charge in [-0.15, -0.1) is 0 Å². The van der Waals surface area contributed by atoms with Crippen molar-refractivity contribution in [1.82, 2.24) is 0 Å². The third-order valence-corrected chi connectivity index (χ3v) is 5.93. The van der Waals surface area contributed by atoms with E-state index in [1.807, 2.05) is 0 Å². The predicted molar refractivity (Wildman–Crippen MR) is 75.5 cm³/mol. The zero-order valence-corrected chi connectivity index (χ0v) is 12.4. The molecule has 0 amide bonds. The Hall–Kier alpha value is -0.790. The van der Waals surface area contributed by atoms with Gasteiger partial charge in [-0.2, -0.15) is 0 Å². The highest BCUT2D eigenvalue weighted by molar-refractivity contribution is 5.87. The van der Waals surface area contributed by atoms with Gasteiger partial charge in [-0.25, -0.2) is 4.79 Å². The van der Waals surface area contributed by atoms with Crippen molar-refractivity contribution >= 4 is 5.97 Å². The Morgan fingerprint density at radius 2 is 1.58 bits per heavy atom. The summed E-state index contributed by atoms with van der Waals surface area (Å²) in [6.45, 7) is 9.97. The van der Waals surface area contributed by atoms with Crippen LogP contribution in [0.2, 0.25) is 0 Å². The van der Waals surface area contributed by atoms with Gasteiger partial charge < -0.3 is 4.74 Å². The van der Waals surface area contributed by atoms with Crippen molar-refractivity contribution in [3.8, 4) is 0 Å². The van der Waals surface area contributed by atoms with Crippen molar-refractivity contribution in [2.75, 3.05) is 0 Å². The Kier molecular flexibility index (Phi) is 3.03. The number of rotatable bonds is 3. The van der Waals surface area contributed by atoms with E-state index >= 15 is 0 Å². The second-order valence-corrected chi connectivity index (χ2v) is 7.48. The molecule has 0 radical (unpaired) electrons. The average molecular weight is 262 g/mol. The normalized spacial score (nSPS) is 43.6. The SMILES string of the molecule is C=C(C)C(=O)O[C@]1(C(C)C)C2CC3CC1C[C@H](C3)C2. The Morgan fingerprint density at radius 3 is 1.95 bits per heavy atom. The molecule has 0 aromatic heterocycles. The maximum Gasteiger partial charge on any atom is 0.333 e. The summed E-state index contributed by atoms with van der Waals surface area (Å²) in [5.41, 5.74) is 0.331. The number of carbonyl (C=O) groups is 1. The Labute approximate surface area is 116 Å². The Bertz CT molecular complexity index is 379. The Morgan fingerprint density at radius 1 is 1.11 bits per heavy atom. The van der Waals surface area contributed by atoms with Crippen LogP contribution >= 0.6 is 0 Å². The Balaban J connectivity index is 1.92. The van der Waals surface area contributed by atoms with Crippen LogP contribution in [0, 0.1) is 29.6 Å². The van der Waals surface area contributed by atoms with E-state index in [1.165, 1.54) is 32.1 Å². The van der Waals surface area contributed by atoms with Crippen LogP contribution in [0.1, 0.15) is 52.9 Å². The van der Waals surface area contributed by atoms with Crippen LogP contribution in [0.4, 0.5) is 0 Å². The van der Waals surface area contributed by atoms with E-state index in [0.29, 0.717) is 23.3 Å². The second-order valence-electron chi connectivity index (χ2n) is 7.48. The summed E-state index contributed by atoms with van der Waals surface area (Å²) >= 11 is 0. The first-order chi connectivity index (χ1) is 8.93. The van der Waals surface area contributed by atoms with E-state index in [0.717, 1.165) is 11.8 Å². The predicted octanol–water partition coefficient (Wildman–Crippen LogP) is 3.96. The lowest BCUT2D eigenvalue weighted by atomic mass is 9.47. The summed E-state index contributed by atoms with van der Waals surface area (Å²) in [6.07, 6.45) is 6.52. The number of hydrogen-bond donors (Lipinski definition) is 0. The highest BCUT2D eigenvalue weighted by Crippen LogP contribution is 2.61. The summed E-state index contributed by atoms with van der Waals surface area (Å²) in [7, 11) is 0. The zero-order valence-electron chi connectivity index (χ0n) is 12.4. The maximum atomic E-state index is 12.1. The molecule has 2 nitrogen and oxygen atoms in total. The van der Waals surface area contributed by atoms with Gasteiger partial charge >= 0.3 is 5.97 Å². The van der Waals surface area contributed by atoms with Crippen LogP contribution in [0.25, 0.3) is 0 Å². The third-order valence-electron chi connectivity index (χ3n) is 5.93. The standard InChI is InChI=1S/C17H26O2/c1-10(2)16(18)19-17(11(3)4)14-6-12-5-13(8-14)9-15(17)7-12/h11-15H,1,5-9H2,2-4H3/t12-,13?,14?,15?,17-. The van der Waals surface area contributed by atoms with E-state index in [4.69, 9.17) is 4.74 Å². The van der Waals surface area contributed by atoms with Crippen molar-refractivity contribution in [2.24, 2.45) is 29.6 Å². The fourth-order valence-electron chi connectivity index (χ4n) is 5.40. The smallest absolute Gasteiger partial charge is 0.333 e. The van der Waals surface area contributed by atoms with Gasteiger partial charge in [0.2, 0.25) is 0 Å².